The molecule has 4 nitrogen and oxygen atoms in total. The fourth-order valence-corrected chi connectivity index (χ4v) is 3.36. The molecule has 0 spiro atoms. The minimum absolute atomic E-state index is 0.00157. The molecule has 2 rings (SSSR count). The lowest BCUT2D eigenvalue weighted by molar-refractivity contribution is -0.385. The van der Waals surface area contributed by atoms with Crippen LogP contribution in [-0.4, -0.2) is 21.2 Å². The van der Waals surface area contributed by atoms with Crippen LogP contribution < -0.4 is 0 Å². The number of hydrogen-bond acceptors (Lipinski definition) is 4. The van der Waals surface area contributed by atoms with Gasteiger partial charge in [0, 0.05) is 0 Å². The normalized spacial score (nSPS) is 23.0. The molecule has 1 saturated heterocycles. The van der Waals surface area contributed by atoms with Crippen molar-refractivity contribution in [2.24, 2.45) is 0 Å². The Hall–Kier alpha value is -1.43. The summed E-state index contributed by atoms with van der Waals surface area (Å²) in [6.07, 6.45) is 1.62. The van der Waals surface area contributed by atoms with Crippen LogP contribution >= 0.6 is 11.8 Å². The number of nitro benzene ring substituents is 1. The van der Waals surface area contributed by atoms with Crippen molar-refractivity contribution in [1.82, 2.24) is 0 Å². The minimum Gasteiger partial charge on any atom is -0.292 e. The van der Waals surface area contributed by atoms with Gasteiger partial charge in [-0.25, -0.2) is 4.39 Å². The van der Waals surface area contributed by atoms with Crippen LogP contribution in [0.3, 0.4) is 0 Å². The second-order valence-electron chi connectivity index (χ2n) is 4.43. The molecular formula is C12H12FNO3S. The number of halogens is 1. The van der Waals surface area contributed by atoms with E-state index in [1.54, 1.807) is 6.92 Å². The van der Waals surface area contributed by atoms with Gasteiger partial charge in [0.25, 0.3) is 5.69 Å². The molecule has 0 bridgehead atoms. The fourth-order valence-electron chi connectivity index (χ4n) is 2.09. The summed E-state index contributed by atoms with van der Waals surface area (Å²) in [5, 5.41) is 10.9. The van der Waals surface area contributed by atoms with Gasteiger partial charge in [0.1, 0.15) is 5.82 Å². The molecule has 1 aromatic carbocycles. The first kappa shape index (κ1) is 13.0. The van der Waals surface area contributed by atoms with Crippen molar-refractivity contribution in [2.75, 3.05) is 5.75 Å². The van der Waals surface area contributed by atoms with Crippen LogP contribution in [0.15, 0.2) is 18.2 Å². The molecule has 18 heavy (non-hydrogen) atoms. The maximum absolute atomic E-state index is 13.0. The molecule has 96 valence electrons. The second-order valence-corrected chi connectivity index (χ2v) is 6.03. The largest absolute Gasteiger partial charge is 0.292 e. The number of ketones is 1. The quantitative estimate of drug-likeness (QED) is 0.480. The lowest BCUT2D eigenvalue weighted by Gasteiger charge is -2.20. The van der Waals surface area contributed by atoms with Crippen molar-refractivity contribution >= 4 is 23.2 Å². The van der Waals surface area contributed by atoms with Crippen molar-refractivity contribution in [3.05, 3.63) is 39.7 Å². The summed E-state index contributed by atoms with van der Waals surface area (Å²) in [5.41, 5.74) is -0.452. The summed E-state index contributed by atoms with van der Waals surface area (Å²) in [5.74, 6) is -0.115. The van der Waals surface area contributed by atoms with Crippen LogP contribution in [0.2, 0.25) is 0 Å². The minimum atomic E-state index is -0.709. The zero-order valence-electron chi connectivity index (χ0n) is 9.81. The Bertz CT molecular complexity index is 512. The van der Waals surface area contributed by atoms with E-state index < -0.39 is 21.2 Å². The third-order valence-corrected chi connectivity index (χ3v) is 4.62. The van der Waals surface area contributed by atoms with Crippen molar-refractivity contribution in [1.29, 1.82) is 0 Å². The second kappa shape index (κ2) is 4.68. The number of rotatable bonds is 3. The first-order valence-electron chi connectivity index (χ1n) is 5.57. The van der Waals surface area contributed by atoms with E-state index in [2.05, 4.69) is 0 Å². The lowest BCUT2D eigenvalue weighted by atomic mass is 9.93. The summed E-state index contributed by atoms with van der Waals surface area (Å²) in [6.45, 7) is 1.79. The number of hydrogen-bond donors (Lipinski definition) is 0. The maximum atomic E-state index is 13.0. The van der Waals surface area contributed by atoms with Gasteiger partial charge in [0.15, 0.2) is 5.78 Å². The van der Waals surface area contributed by atoms with Crippen molar-refractivity contribution < 1.29 is 14.1 Å². The summed E-state index contributed by atoms with van der Waals surface area (Å²) in [4.78, 5) is 22.5. The molecule has 0 aromatic heterocycles. The van der Waals surface area contributed by atoms with Gasteiger partial charge >= 0.3 is 0 Å². The van der Waals surface area contributed by atoms with Crippen LogP contribution in [-0.2, 0) is 0 Å². The molecule has 1 atom stereocenters. The zero-order valence-corrected chi connectivity index (χ0v) is 10.6. The van der Waals surface area contributed by atoms with Gasteiger partial charge in [-0.1, -0.05) is 0 Å². The van der Waals surface area contributed by atoms with Crippen LogP contribution in [0.4, 0.5) is 10.1 Å². The predicted octanol–water partition coefficient (Wildman–Crippen LogP) is 3.20. The average Bonchev–Trinajstić information content (AvgIpc) is 2.76. The van der Waals surface area contributed by atoms with E-state index >= 15 is 0 Å². The van der Waals surface area contributed by atoms with E-state index in [1.165, 1.54) is 17.8 Å². The molecule has 6 heteroatoms. The third-order valence-electron chi connectivity index (χ3n) is 3.10. The van der Waals surface area contributed by atoms with Gasteiger partial charge in [-0.3, -0.25) is 14.9 Å². The Labute approximate surface area is 108 Å². The molecule has 1 aliphatic heterocycles. The third kappa shape index (κ3) is 2.25. The average molecular weight is 269 g/mol. The Balaban J connectivity index is 2.44. The molecule has 1 aliphatic rings. The summed E-state index contributed by atoms with van der Waals surface area (Å²) in [7, 11) is 0. The van der Waals surface area contributed by atoms with Crippen LogP contribution in [0.25, 0.3) is 0 Å². The summed E-state index contributed by atoms with van der Waals surface area (Å²) in [6, 6.07) is 3.10. The highest BCUT2D eigenvalue weighted by Gasteiger charge is 2.40. The smallest absolute Gasteiger partial charge is 0.283 e. The van der Waals surface area contributed by atoms with Crippen LogP contribution in [0.5, 0.6) is 0 Å². The van der Waals surface area contributed by atoms with Crippen molar-refractivity contribution in [3.8, 4) is 0 Å². The Kier molecular flexibility index (Phi) is 3.38. The number of nitrogens with zero attached hydrogens (tertiary/aromatic N) is 1. The number of benzene rings is 1. The molecule has 0 amide bonds. The van der Waals surface area contributed by atoms with Gasteiger partial charge in [-0.15, -0.1) is 11.8 Å². The highest BCUT2D eigenvalue weighted by atomic mass is 32.2. The van der Waals surface area contributed by atoms with Crippen molar-refractivity contribution in [3.63, 3.8) is 0 Å². The fraction of sp³-hybridized carbons (Fsp3) is 0.417. The first-order valence-corrected chi connectivity index (χ1v) is 6.55. The Morgan fingerprint density at radius 2 is 2.28 bits per heavy atom. The number of thioether (sulfide) groups is 1. The first-order chi connectivity index (χ1) is 8.44. The summed E-state index contributed by atoms with van der Waals surface area (Å²) >= 11 is 1.51. The maximum Gasteiger partial charge on any atom is 0.283 e. The van der Waals surface area contributed by atoms with E-state index in [0.717, 1.165) is 24.3 Å². The van der Waals surface area contributed by atoms with E-state index in [-0.39, 0.29) is 11.3 Å². The molecule has 0 radical (unpaired) electrons. The monoisotopic (exact) mass is 269 g/mol. The van der Waals surface area contributed by atoms with Crippen LogP contribution in [0.1, 0.15) is 30.1 Å². The molecule has 1 fully saturated rings. The van der Waals surface area contributed by atoms with Gasteiger partial charge in [-0.2, -0.15) is 0 Å². The molecular weight excluding hydrogens is 257 g/mol. The Morgan fingerprint density at radius 3 is 2.83 bits per heavy atom. The van der Waals surface area contributed by atoms with E-state index in [9.17, 15) is 19.3 Å². The van der Waals surface area contributed by atoms with E-state index in [1.807, 2.05) is 0 Å². The zero-order chi connectivity index (χ0) is 13.3. The van der Waals surface area contributed by atoms with Crippen LogP contribution in [0, 0.1) is 15.9 Å². The summed E-state index contributed by atoms with van der Waals surface area (Å²) < 4.78 is 12.4. The molecule has 1 unspecified atom stereocenters. The van der Waals surface area contributed by atoms with Crippen molar-refractivity contribution in [2.45, 2.75) is 24.5 Å². The number of carbonyl (C=O) groups excluding carboxylic acids is 1. The number of nitro groups is 1. The van der Waals surface area contributed by atoms with Gasteiger partial charge in [0.05, 0.1) is 21.3 Å². The van der Waals surface area contributed by atoms with Gasteiger partial charge in [-0.05, 0) is 37.7 Å². The molecule has 1 heterocycles. The standard InChI is InChI=1S/C12H12FNO3S/c1-12(5-2-6-18-12)11(15)9-4-3-8(13)7-10(9)14(16)17/h3-4,7H,2,5-6H2,1H3. The highest BCUT2D eigenvalue weighted by molar-refractivity contribution is 8.01. The number of carbonyl (C=O) groups is 1. The predicted molar refractivity (Wildman–Crippen MR) is 67.5 cm³/mol. The van der Waals surface area contributed by atoms with E-state index in [0.29, 0.717) is 6.42 Å². The highest BCUT2D eigenvalue weighted by Crippen LogP contribution is 2.41. The molecule has 1 aromatic rings. The van der Waals surface area contributed by atoms with Gasteiger partial charge < -0.3 is 0 Å². The van der Waals surface area contributed by atoms with Gasteiger partial charge in [0.2, 0.25) is 0 Å². The molecule has 0 N–H and O–H groups in total. The number of Topliss-reactive ketones (excluding diaryl/α,β-unsaturated/α-hetero) is 1. The topological polar surface area (TPSA) is 60.2 Å². The molecule has 0 saturated carbocycles. The lowest BCUT2D eigenvalue weighted by Crippen LogP contribution is -2.29. The SMILES string of the molecule is CC1(C(=O)c2ccc(F)cc2[N+](=O)[O-])CCCS1. The van der Waals surface area contributed by atoms with E-state index in [4.69, 9.17) is 0 Å². The Morgan fingerprint density at radius 1 is 1.56 bits per heavy atom. The molecule has 0 aliphatic carbocycles.